The number of carbonyl (C=O) groups excluding carboxylic acids is 1. The Hall–Kier alpha value is -2.20. The number of amides is 1. The standard InChI is InChI=1S/C21H27N3O/c1-23(2)16-19-5-3-7-20(14-19)21(25)24-11-8-17(9-12-24)13-18-6-4-10-22-15-18/h3-7,10,14-15,17H,8-9,11-13,16H2,1-2H3. The SMILES string of the molecule is CN(C)Cc1cccc(C(=O)N2CCC(Cc3cccnc3)CC2)c1. The summed E-state index contributed by atoms with van der Waals surface area (Å²) in [6.45, 7) is 2.55. The molecule has 0 N–H and O–H groups in total. The number of likely N-dealkylation sites (tertiary alicyclic amines) is 1. The first-order chi connectivity index (χ1) is 12.1. The minimum absolute atomic E-state index is 0.167. The molecule has 0 spiro atoms. The molecule has 1 aliphatic heterocycles. The van der Waals surface area contributed by atoms with Crippen LogP contribution in [0.15, 0.2) is 48.8 Å². The fourth-order valence-electron chi connectivity index (χ4n) is 3.54. The molecule has 1 amide bonds. The fourth-order valence-corrected chi connectivity index (χ4v) is 3.54. The number of rotatable bonds is 5. The highest BCUT2D eigenvalue weighted by Crippen LogP contribution is 2.23. The molecule has 2 heterocycles. The van der Waals surface area contributed by atoms with Gasteiger partial charge in [-0.25, -0.2) is 0 Å². The number of hydrogen-bond acceptors (Lipinski definition) is 3. The molecule has 1 fully saturated rings. The van der Waals surface area contributed by atoms with Crippen molar-refractivity contribution in [2.24, 2.45) is 5.92 Å². The normalized spacial score (nSPS) is 15.6. The van der Waals surface area contributed by atoms with E-state index in [0.717, 1.165) is 44.5 Å². The molecule has 0 radical (unpaired) electrons. The lowest BCUT2D eigenvalue weighted by atomic mass is 9.90. The van der Waals surface area contributed by atoms with Crippen molar-refractivity contribution in [3.63, 3.8) is 0 Å². The van der Waals surface area contributed by atoms with Gasteiger partial charge in [-0.15, -0.1) is 0 Å². The van der Waals surface area contributed by atoms with Crippen molar-refractivity contribution >= 4 is 5.91 Å². The summed E-state index contributed by atoms with van der Waals surface area (Å²) in [6, 6.07) is 12.2. The molecule has 25 heavy (non-hydrogen) atoms. The average molecular weight is 337 g/mol. The van der Waals surface area contributed by atoms with Gasteiger partial charge in [0, 0.05) is 37.6 Å². The van der Waals surface area contributed by atoms with Gasteiger partial charge in [0.15, 0.2) is 0 Å². The summed E-state index contributed by atoms with van der Waals surface area (Å²) in [5, 5.41) is 0. The van der Waals surface area contributed by atoms with Crippen LogP contribution in [0.4, 0.5) is 0 Å². The van der Waals surface area contributed by atoms with Crippen molar-refractivity contribution < 1.29 is 4.79 Å². The maximum Gasteiger partial charge on any atom is 0.253 e. The van der Waals surface area contributed by atoms with E-state index in [4.69, 9.17) is 0 Å². The predicted octanol–water partition coefficient (Wildman–Crippen LogP) is 3.24. The Morgan fingerprint density at radius 1 is 1.16 bits per heavy atom. The first-order valence-corrected chi connectivity index (χ1v) is 9.03. The van der Waals surface area contributed by atoms with Crippen molar-refractivity contribution in [2.75, 3.05) is 27.2 Å². The minimum Gasteiger partial charge on any atom is -0.339 e. The third-order valence-corrected chi connectivity index (χ3v) is 4.82. The second-order valence-electron chi connectivity index (χ2n) is 7.24. The number of aromatic nitrogens is 1. The molecular formula is C21H27N3O. The average Bonchev–Trinajstić information content (AvgIpc) is 2.62. The number of pyridine rings is 1. The minimum atomic E-state index is 0.167. The van der Waals surface area contributed by atoms with E-state index in [9.17, 15) is 4.79 Å². The van der Waals surface area contributed by atoms with E-state index >= 15 is 0 Å². The number of hydrogen-bond donors (Lipinski definition) is 0. The third-order valence-electron chi connectivity index (χ3n) is 4.82. The lowest BCUT2D eigenvalue weighted by molar-refractivity contribution is 0.0690. The van der Waals surface area contributed by atoms with Gasteiger partial charge in [0.2, 0.25) is 0 Å². The van der Waals surface area contributed by atoms with E-state index in [1.165, 1.54) is 11.1 Å². The maximum absolute atomic E-state index is 12.8. The Balaban J connectivity index is 1.56. The summed E-state index contributed by atoms with van der Waals surface area (Å²) in [5.74, 6) is 0.814. The van der Waals surface area contributed by atoms with Crippen LogP contribution < -0.4 is 0 Å². The Labute approximate surface area is 150 Å². The molecule has 2 aromatic rings. The van der Waals surface area contributed by atoms with Crippen molar-refractivity contribution in [3.05, 3.63) is 65.5 Å². The number of benzene rings is 1. The Kier molecular flexibility index (Phi) is 5.82. The van der Waals surface area contributed by atoms with Crippen LogP contribution in [0.3, 0.4) is 0 Å². The van der Waals surface area contributed by atoms with E-state index in [1.807, 2.05) is 55.7 Å². The summed E-state index contributed by atoms with van der Waals surface area (Å²) in [7, 11) is 4.09. The van der Waals surface area contributed by atoms with Crippen molar-refractivity contribution in [1.82, 2.24) is 14.8 Å². The molecule has 4 nitrogen and oxygen atoms in total. The molecule has 0 bridgehead atoms. The molecule has 0 atom stereocenters. The number of carbonyl (C=O) groups is 1. The molecule has 0 saturated carbocycles. The van der Waals surface area contributed by atoms with E-state index in [-0.39, 0.29) is 5.91 Å². The van der Waals surface area contributed by atoms with Gasteiger partial charge in [-0.2, -0.15) is 0 Å². The highest BCUT2D eigenvalue weighted by atomic mass is 16.2. The van der Waals surface area contributed by atoms with Gasteiger partial charge in [0.1, 0.15) is 0 Å². The summed E-state index contributed by atoms with van der Waals surface area (Å²) < 4.78 is 0. The topological polar surface area (TPSA) is 36.4 Å². The van der Waals surface area contributed by atoms with E-state index in [1.54, 1.807) is 0 Å². The molecule has 0 unspecified atom stereocenters. The largest absolute Gasteiger partial charge is 0.339 e. The maximum atomic E-state index is 12.8. The van der Waals surface area contributed by atoms with Crippen LogP contribution in [0.25, 0.3) is 0 Å². The second kappa shape index (κ2) is 8.26. The third kappa shape index (κ3) is 4.89. The Bertz CT molecular complexity index is 691. The monoisotopic (exact) mass is 337 g/mol. The van der Waals surface area contributed by atoms with Gasteiger partial charge in [-0.05, 0) is 68.6 Å². The first kappa shape index (κ1) is 17.6. The molecule has 132 valence electrons. The van der Waals surface area contributed by atoms with Crippen LogP contribution in [0.2, 0.25) is 0 Å². The van der Waals surface area contributed by atoms with Crippen molar-refractivity contribution in [2.45, 2.75) is 25.8 Å². The van der Waals surface area contributed by atoms with E-state index in [2.05, 4.69) is 22.0 Å². The summed E-state index contributed by atoms with van der Waals surface area (Å²) >= 11 is 0. The molecule has 3 rings (SSSR count). The molecular weight excluding hydrogens is 310 g/mol. The van der Waals surface area contributed by atoms with Crippen LogP contribution in [-0.4, -0.2) is 47.9 Å². The molecule has 4 heteroatoms. The van der Waals surface area contributed by atoms with Crippen LogP contribution >= 0.6 is 0 Å². The van der Waals surface area contributed by atoms with Crippen molar-refractivity contribution in [1.29, 1.82) is 0 Å². The van der Waals surface area contributed by atoms with E-state index in [0.29, 0.717) is 5.92 Å². The molecule has 1 aromatic heterocycles. The zero-order chi connectivity index (χ0) is 17.6. The molecule has 1 aromatic carbocycles. The predicted molar refractivity (Wildman–Crippen MR) is 100 cm³/mol. The molecule has 1 saturated heterocycles. The van der Waals surface area contributed by atoms with Gasteiger partial charge in [-0.1, -0.05) is 18.2 Å². The first-order valence-electron chi connectivity index (χ1n) is 9.03. The van der Waals surface area contributed by atoms with Gasteiger partial charge >= 0.3 is 0 Å². The zero-order valence-corrected chi connectivity index (χ0v) is 15.2. The Morgan fingerprint density at radius 3 is 2.60 bits per heavy atom. The molecule has 1 aliphatic rings. The number of piperidine rings is 1. The fraction of sp³-hybridized carbons (Fsp3) is 0.429. The number of nitrogens with zero attached hydrogens (tertiary/aromatic N) is 3. The van der Waals surface area contributed by atoms with Crippen LogP contribution in [0.1, 0.15) is 34.3 Å². The van der Waals surface area contributed by atoms with Crippen LogP contribution in [0, 0.1) is 5.92 Å². The summed E-state index contributed by atoms with van der Waals surface area (Å²) in [5.41, 5.74) is 3.29. The second-order valence-corrected chi connectivity index (χ2v) is 7.24. The highest BCUT2D eigenvalue weighted by Gasteiger charge is 2.24. The summed E-state index contributed by atoms with van der Waals surface area (Å²) in [4.78, 5) is 21.1. The van der Waals surface area contributed by atoms with Crippen molar-refractivity contribution in [3.8, 4) is 0 Å². The van der Waals surface area contributed by atoms with E-state index < -0.39 is 0 Å². The lowest BCUT2D eigenvalue weighted by Crippen LogP contribution is -2.39. The van der Waals surface area contributed by atoms with Gasteiger partial charge in [0.25, 0.3) is 5.91 Å². The van der Waals surface area contributed by atoms with Gasteiger partial charge in [-0.3, -0.25) is 9.78 Å². The highest BCUT2D eigenvalue weighted by molar-refractivity contribution is 5.94. The smallest absolute Gasteiger partial charge is 0.253 e. The van der Waals surface area contributed by atoms with Crippen LogP contribution in [-0.2, 0) is 13.0 Å². The summed E-state index contributed by atoms with van der Waals surface area (Å²) in [6.07, 6.45) is 6.97. The molecule has 0 aliphatic carbocycles. The van der Waals surface area contributed by atoms with Gasteiger partial charge < -0.3 is 9.80 Å². The van der Waals surface area contributed by atoms with Gasteiger partial charge in [0.05, 0.1) is 0 Å². The Morgan fingerprint density at radius 2 is 1.92 bits per heavy atom. The van der Waals surface area contributed by atoms with Crippen LogP contribution in [0.5, 0.6) is 0 Å². The lowest BCUT2D eigenvalue weighted by Gasteiger charge is -2.32. The quantitative estimate of drug-likeness (QED) is 0.840. The zero-order valence-electron chi connectivity index (χ0n) is 15.2.